The molecule has 0 radical (unpaired) electrons. The Morgan fingerprint density at radius 1 is 0.952 bits per heavy atom. The van der Waals surface area contributed by atoms with Gasteiger partial charge in [0.1, 0.15) is 0 Å². The predicted octanol–water partition coefficient (Wildman–Crippen LogP) is 5.56. The van der Waals surface area contributed by atoms with E-state index in [1.807, 2.05) is 18.2 Å². The van der Waals surface area contributed by atoms with Crippen LogP contribution in [-0.4, -0.2) is 4.92 Å². The Bertz CT molecular complexity index is 771. The van der Waals surface area contributed by atoms with Gasteiger partial charge in [0.2, 0.25) is 0 Å². The van der Waals surface area contributed by atoms with Gasteiger partial charge in [-0.2, -0.15) is 0 Å². The van der Waals surface area contributed by atoms with Crippen molar-refractivity contribution in [2.75, 3.05) is 0 Å². The fourth-order valence-corrected chi connectivity index (χ4v) is 3.62. The average molecular weight is 313 g/mol. The van der Waals surface area contributed by atoms with Crippen LogP contribution < -0.4 is 0 Å². The van der Waals surface area contributed by atoms with Gasteiger partial charge < -0.3 is 0 Å². The molecule has 0 aliphatic heterocycles. The van der Waals surface area contributed by atoms with Crippen LogP contribution in [-0.2, 0) is 0 Å². The molecule has 0 spiro atoms. The first-order valence-corrected chi connectivity index (χ1v) is 7.98. The van der Waals surface area contributed by atoms with E-state index in [9.17, 15) is 10.1 Å². The Hall–Kier alpha value is -2.24. The summed E-state index contributed by atoms with van der Waals surface area (Å²) in [5.74, 6) is 0. The van der Waals surface area contributed by atoms with Crippen molar-refractivity contribution in [3.63, 3.8) is 0 Å². The maximum atomic E-state index is 10.6. The van der Waals surface area contributed by atoms with E-state index in [0.717, 1.165) is 10.4 Å². The van der Waals surface area contributed by atoms with Gasteiger partial charge in [-0.1, -0.05) is 12.1 Å². The van der Waals surface area contributed by atoms with Crippen molar-refractivity contribution < 1.29 is 4.92 Å². The number of non-ortho nitro benzene ring substituents is 1. The Morgan fingerprint density at radius 2 is 1.76 bits per heavy atom. The monoisotopic (exact) mass is 313 g/mol. The lowest BCUT2D eigenvalue weighted by atomic mass is 10.2. The van der Waals surface area contributed by atoms with Crippen LogP contribution in [0.15, 0.2) is 53.9 Å². The van der Waals surface area contributed by atoms with E-state index in [4.69, 9.17) is 0 Å². The standard InChI is InChI=1S/C16H11NO2S2/c18-17(19)13-6-3-12(4-7-13)5-8-14-9-10-16(21-14)15-2-1-11-20-15/h1-11H/b8-5+. The highest BCUT2D eigenvalue weighted by Gasteiger charge is 2.03. The molecular weight excluding hydrogens is 302 g/mol. The normalized spacial score (nSPS) is 11.0. The molecule has 0 saturated heterocycles. The van der Waals surface area contributed by atoms with Gasteiger partial charge in [0.25, 0.3) is 5.69 Å². The quantitative estimate of drug-likeness (QED) is 0.468. The molecule has 0 unspecified atom stereocenters. The molecule has 0 N–H and O–H groups in total. The van der Waals surface area contributed by atoms with E-state index in [0.29, 0.717) is 0 Å². The third-order valence-electron chi connectivity index (χ3n) is 2.93. The lowest BCUT2D eigenvalue weighted by molar-refractivity contribution is -0.384. The van der Waals surface area contributed by atoms with E-state index >= 15 is 0 Å². The molecule has 0 aliphatic rings. The lowest BCUT2D eigenvalue weighted by Gasteiger charge is -1.93. The largest absolute Gasteiger partial charge is 0.269 e. The highest BCUT2D eigenvalue weighted by atomic mass is 32.1. The molecule has 0 fully saturated rings. The first-order chi connectivity index (χ1) is 10.2. The van der Waals surface area contributed by atoms with E-state index in [-0.39, 0.29) is 10.6 Å². The van der Waals surface area contributed by atoms with E-state index < -0.39 is 0 Å². The van der Waals surface area contributed by atoms with E-state index in [2.05, 4.69) is 23.6 Å². The zero-order valence-corrected chi connectivity index (χ0v) is 12.6. The minimum absolute atomic E-state index is 0.114. The molecule has 5 heteroatoms. The average Bonchev–Trinajstić information content (AvgIpc) is 3.16. The van der Waals surface area contributed by atoms with Crippen molar-refractivity contribution in [1.29, 1.82) is 0 Å². The van der Waals surface area contributed by atoms with Gasteiger partial charge in [-0.15, -0.1) is 22.7 Å². The number of thiophene rings is 2. The lowest BCUT2D eigenvalue weighted by Crippen LogP contribution is -1.86. The molecule has 21 heavy (non-hydrogen) atoms. The number of benzene rings is 1. The van der Waals surface area contributed by atoms with Crippen molar-refractivity contribution in [1.82, 2.24) is 0 Å². The minimum atomic E-state index is -0.389. The molecule has 0 atom stereocenters. The third kappa shape index (κ3) is 3.26. The van der Waals surface area contributed by atoms with Crippen molar-refractivity contribution >= 4 is 40.5 Å². The zero-order valence-electron chi connectivity index (χ0n) is 10.9. The van der Waals surface area contributed by atoms with E-state index in [1.165, 1.54) is 21.9 Å². The molecule has 0 bridgehead atoms. The summed E-state index contributed by atoms with van der Waals surface area (Å²) in [6.07, 6.45) is 4.00. The Balaban J connectivity index is 1.75. The van der Waals surface area contributed by atoms with Crippen LogP contribution in [0.3, 0.4) is 0 Å². The van der Waals surface area contributed by atoms with Crippen LogP contribution in [0.25, 0.3) is 21.9 Å². The van der Waals surface area contributed by atoms with Crippen LogP contribution in [0.5, 0.6) is 0 Å². The molecule has 3 nitrogen and oxygen atoms in total. The summed E-state index contributed by atoms with van der Waals surface area (Å²) in [5.41, 5.74) is 1.06. The van der Waals surface area contributed by atoms with E-state index in [1.54, 1.807) is 34.8 Å². The molecular formula is C16H11NO2S2. The Morgan fingerprint density at radius 3 is 2.43 bits per heavy atom. The smallest absolute Gasteiger partial charge is 0.258 e. The summed E-state index contributed by atoms with van der Waals surface area (Å²) in [4.78, 5) is 13.9. The first kappa shape index (κ1) is 13.7. The zero-order chi connectivity index (χ0) is 14.7. The first-order valence-electron chi connectivity index (χ1n) is 6.28. The van der Waals surface area contributed by atoms with Crippen LogP contribution in [0.1, 0.15) is 10.4 Å². The minimum Gasteiger partial charge on any atom is -0.258 e. The second-order valence-electron chi connectivity index (χ2n) is 4.36. The number of nitrogens with zero attached hydrogens (tertiary/aromatic N) is 1. The van der Waals surface area contributed by atoms with Gasteiger partial charge in [-0.25, -0.2) is 0 Å². The van der Waals surface area contributed by atoms with Gasteiger partial charge in [-0.3, -0.25) is 10.1 Å². The summed E-state index contributed by atoms with van der Waals surface area (Å²) in [5, 5.41) is 12.7. The molecule has 0 saturated carbocycles. The van der Waals surface area contributed by atoms with Crippen molar-refractivity contribution in [3.8, 4) is 9.75 Å². The van der Waals surface area contributed by atoms with Gasteiger partial charge >= 0.3 is 0 Å². The van der Waals surface area contributed by atoms with Gasteiger partial charge in [0.05, 0.1) is 4.92 Å². The number of rotatable bonds is 4. The fourth-order valence-electron chi connectivity index (χ4n) is 1.88. The summed E-state index contributed by atoms with van der Waals surface area (Å²) < 4.78 is 0. The SMILES string of the molecule is O=[N+]([O-])c1ccc(/C=C/c2ccc(-c3cccs3)s2)cc1. The summed E-state index contributed by atoms with van der Waals surface area (Å²) in [7, 11) is 0. The molecule has 3 rings (SSSR count). The van der Waals surface area contributed by atoms with Gasteiger partial charge in [-0.05, 0) is 47.4 Å². The number of nitro benzene ring substituents is 1. The van der Waals surface area contributed by atoms with Crippen LogP contribution in [0.2, 0.25) is 0 Å². The predicted molar refractivity (Wildman–Crippen MR) is 89.7 cm³/mol. The molecule has 0 amide bonds. The number of hydrogen-bond donors (Lipinski definition) is 0. The van der Waals surface area contributed by atoms with Crippen molar-refractivity contribution in [3.05, 3.63) is 74.5 Å². The van der Waals surface area contributed by atoms with Crippen LogP contribution >= 0.6 is 22.7 Å². The Labute approximate surface area is 130 Å². The summed E-state index contributed by atoms with van der Waals surface area (Å²) >= 11 is 3.46. The summed E-state index contributed by atoms with van der Waals surface area (Å²) in [6.45, 7) is 0. The topological polar surface area (TPSA) is 43.1 Å². The second kappa shape index (κ2) is 6.03. The highest BCUT2D eigenvalue weighted by molar-refractivity contribution is 7.21. The summed E-state index contributed by atoms with van der Waals surface area (Å²) in [6, 6.07) is 14.9. The maximum absolute atomic E-state index is 10.6. The fraction of sp³-hybridized carbons (Fsp3) is 0. The molecule has 104 valence electrons. The highest BCUT2D eigenvalue weighted by Crippen LogP contribution is 2.32. The van der Waals surface area contributed by atoms with Crippen molar-refractivity contribution in [2.24, 2.45) is 0 Å². The Kier molecular flexibility index (Phi) is 3.94. The molecule has 2 aromatic heterocycles. The third-order valence-corrected chi connectivity index (χ3v) is 5.05. The van der Waals surface area contributed by atoms with Gasteiger partial charge in [0.15, 0.2) is 0 Å². The van der Waals surface area contributed by atoms with Crippen LogP contribution in [0, 0.1) is 10.1 Å². The van der Waals surface area contributed by atoms with Crippen molar-refractivity contribution in [2.45, 2.75) is 0 Å². The molecule has 2 heterocycles. The maximum Gasteiger partial charge on any atom is 0.269 e. The second-order valence-corrected chi connectivity index (χ2v) is 6.42. The van der Waals surface area contributed by atoms with Crippen LogP contribution in [0.4, 0.5) is 5.69 Å². The molecule has 3 aromatic rings. The number of nitro groups is 1. The van der Waals surface area contributed by atoms with Gasteiger partial charge in [0, 0.05) is 26.8 Å². The molecule has 0 aliphatic carbocycles. The number of hydrogen-bond acceptors (Lipinski definition) is 4. The molecule has 1 aromatic carbocycles.